The molecule has 2 N–H and O–H groups in total. The summed E-state index contributed by atoms with van der Waals surface area (Å²) in [6.07, 6.45) is 1.07. The molecule has 0 saturated heterocycles. The lowest BCUT2D eigenvalue weighted by molar-refractivity contribution is 0.651. The van der Waals surface area contributed by atoms with Gasteiger partial charge in [-0.15, -0.1) is 36.2 Å². The highest BCUT2D eigenvalue weighted by molar-refractivity contribution is 7.17. The lowest BCUT2D eigenvalue weighted by atomic mass is 10.4. The van der Waals surface area contributed by atoms with Crippen LogP contribution in [0, 0.1) is 0 Å². The standard InChI is InChI=1S/C10H13N3OS.2ClH/c1-2-4-11-6-8-12-7-3-5-15-9(7)10(14)13-8;;/h3,5,11H,2,4,6H2,1H3,(H,12,13,14);2*1H. The van der Waals surface area contributed by atoms with E-state index in [4.69, 9.17) is 0 Å². The third-order valence-corrected chi connectivity index (χ3v) is 2.99. The zero-order valence-electron chi connectivity index (χ0n) is 9.36. The summed E-state index contributed by atoms with van der Waals surface area (Å²) < 4.78 is 0.703. The average Bonchev–Trinajstić information content (AvgIpc) is 2.66. The number of halogens is 2. The molecule has 0 amide bonds. The molecule has 2 aromatic heterocycles. The van der Waals surface area contributed by atoms with Crippen molar-refractivity contribution in [1.29, 1.82) is 0 Å². The number of aromatic nitrogens is 2. The van der Waals surface area contributed by atoms with E-state index in [1.807, 2.05) is 11.4 Å². The Morgan fingerprint density at radius 1 is 1.47 bits per heavy atom. The molecule has 0 saturated carbocycles. The Labute approximate surface area is 116 Å². The van der Waals surface area contributed by atoms with Gasteiger partial charge in [-0.25, -0.2) is 4.98 Å². The Morgan fingerprint density at radius 3 is 2.94 bits per heavy atom. The highest BCUT2D eigenvalue weighted by atomic mass is 35.5. The van der Waals surface area contributed by atoms with Crippen molar-refractivity contribution >= 4 is 46.4 Å². The van der Waals surface area contributed by atoms with E-state index < -0.39 is 0 Å². The van der Waals surface area contributed by atoms with Crippen LogP contribution in [0.15, 0.2) is 16.2 Å². The van der Waals surface area contributed by atoms with Gasteiger partial charge in [0.1, 0.15) is 10.5 Å². The number of aromatic amines is 1. The third-order valence-electron chi connectivity index (χ3n) is 2.08. The molecule has 0 fully saturated rings. The number of nitrogens with one attached hydrogen (secondary N) is 2. The van der Waals surface area contributed by atoms with Crippen LogP contribution in [0.25, 0.3) is 10.2 Å². The SMILES string of the molecule is CCCNCc1nc2ccsc2c(=O)[nH]1.Cl.Cl. The second kappa shape index (κ2) is 7.66. The molecule has 0 bridgehead atoms. The summed E-state index contributed by atoms with van der Waals surface area (Å²) in [5, 5.41) is 5.09. The normalized spacial score (nSPS) is 9.71. The quantitative estimate of drug-likeness (QED) is 0.851. The Kier molecular flexibility index (Phi) is 7.38. The molecule has 0 unspecified atom stereocenters. The van der Waals surface area contributed by atoms with Gasteiger partial charge >= 0.3 is 0 Å². The predicted molar refractivity (Wildman–Crippen MR) is 76.7 cm³/mol. The molecule has 0 atom stereocenters. The molecule has 0 aliphatic rings. The Hall–Kier alpha value is -0.620. The van der Waals surface area contributed by atoms with Gasteiger partial charge in [0.15, 0.2) is 0 Å². The molecule has 2 aromatic rings. The zero-order chi connectivity index (χ0) is 10.7. The van der Waals surface area contributed by atoms with Gasteiger partial charge in [0, 0.05) is 0 Å². The van der Waals surface area contributed by atoms with Crippen molar-refractivity contribution < 1.29 is 0 Å². The number of hydrogen-bond donors (Lipinski definition) is 2. The number of nitrogens with zero attached hydrogens (tertiary/aromatic N) is 1. The first kappa shape index (κ1) is 16.4. The van der Waals surface area contributed by atoms with Crippen molar-refractivity contribution in [2.24, 2.45) is 0 Å². The Morgan fingerprint density at radius 2 is 2.24 bits per heavy atom. The third kappa shape index (κ3) is 3.96. The minimum absolute atomic E-state index is 0. The van der Waals surface area contributed by atoms with Crippen LogP contribution >= 0.6 is 36.2 Å². The number of fused-ring (bicyclic) bond motifs is 1. The Bertz CT molecular complexity index is 511. The smallest absolute Gasteiger partial charge is 0.268 e. The molecule has 2 rings (SSSR count). The number of thiophene rings is 1. The topological polar surface area (TPSA) is 57.8 Å². The van der Waals surface area contributed by atoms with Crippen molar-refractivity contribution in [2.75, 3.05) is 6.54 Å². The fraction of sp³-hybridized carbons (Fsp3) is 0.400. The van der Waals surface area contributed by atoms with Gasteiger partial charge < -0.3 is 10.3 Å². The summed E-state index contributed by atoms with van der Waals surface area (Å²) in [4.78, 5) is 18.7. The van der Waals surface area contributed by atoms with Crippen LogP contribution in [-0.4, -0.2) is 16.5 Å². The largest absolute Gasteiger partial charge is 0.310 e. The summed E-state index contributed by atoms with van der Waals surface area (Å²) in [6.45, 7) is 3.66. The van der Waals surface area contributed by atoms with Crippen LogP contribution < -0.4 is 10.9 Å². The molecular weight excluding hydrogens is 281 g/mol. The van der Waals surface area contributed by atoms with E-state index >= 15 is 0 Å². The van der Waals surface area contributed by atoms with E-state index in [2.05, 4.69) is 22.2 Å². The first-order chi connectivity index (χ1) is 7.31. The summed E-state index contributed by atoms with van der Waals surface area (Å²) >= 11 is 1.42. The molecular formula is C10H15Cl2N3OS. The van der Waals surface area contributed by atoms with Gasteiger partial charge in [-0.2, -0.15) is 0 Å². The molecule has 0 aliphatic heterocycles. The van der Waals surface area contributed by atoms with Crippen LogP contribution in [0.2, 0.25) is 0 Å². The lowest BCUT2D eigenvalue weighted by Crippen LogP contribution is -2.19. The Balaban J connectivity index is 0.00000128. The van der Waals surface area contributed by atoms with Crippen LogP contribution in [0.4, 0.5) is 0 Å². The number of rotatable bonds is 4. The van der Waals surface area contributed by atoms with E-state index in [1.165, 1.54) is 11.3 Å². The van der Waals surface area contributed by atoms with E-state index in [9.17, 15) is 4.79 Å². The van der Waals surface area contributed by atoms with Gasteiger partial charge in [-0.05, 0) is 24.4 Å². The van der Waals surface area contributed by atoms with Crippen molar-refractivity contribution in [1.82, 2.24) is 15.3 Å². The molecule has 7 heteroatoms. The molecule has 96 valence electrons. The highest BCUT2D eigenvalue weighted by Gasteiger charge is 2.03. The van der Waals surface area contributed by atoms with Gasteiger partial charge in [0.05, 0.1) is 12.1 Å². The zero-order valence-corrected chi connectivity index (χ0v) is 11.8. The molecule has 0 aliphatic carbocycles. The van der Waals surface area contributed by atoms with Crippen LogP contribution in [0.3, 0.4) is 0 Å². The van der Waals surface area contributed by atoms with Crippen molar-refractivity contribution in [3.05, 3.63) is 27.6 Å². The summed E-state index contributed by atoms with van der Waals surface area (Å²) in [7, 11) is 0. The van der Waals surface area contributed by atoms with E-state index in [-0.39, 0.29) is 30.4 Å². The maximum absolute atomic E-state index is 11.6. The average molecular weight is 296 g/mol. The minimum atomic E-state index is -0.0386. The summed E-state index contributed by atoms with van der Waals surface area (Å²) in [5.74, 6) is 0.708. The predicted octanol–water partition coefficient (Wildman–Crippen LogP) is 2.33. The molecule has 17 heavy (non-hydrogen) atoms. The monoisotopic (exact) mass is 295 g/mol. The number of hydrogen-bond acceptors (Lipinski definition) is 4. The van der Waals surface area contributed by atoms with Crippen LogP contribution in [0.1, 0.15) is 19.2 Å². The summed E-state index contributed by atoms with van der Waals surface area (Å²) in [6, 6.07) is 1.87. The van der Waals surface area contributed by atoms with Gasteiger partial charge in [0.2, 0.25) is 0 Å². The van der Waals surface area contributed by atoms with Gasteiger partial charge in [0.25, 0.3) is 5.56 Å². The molecule has 0 radical (unpaired) electrons. The van der Waals surface area contributed by atoms with Gasteiger partial charge in [-0.3, -0.25) is 4.79 Å². The second-order valence-corrected chi connectivity index (χ2v) is 4.24. The molecule has 0 aromatic carbocycles. The molecule has 2 heterocycles. The maximum Gasteiger partial charge on any atom is 0.268 e. The van der Waals surface area contributed by atoms with E-state index in [0.29, 0.717) is 17.1 Å². The van der Waals surface area contributed by atoms with Gasteiger partial charge in [-0.1, -0.05) is 6.92 Å². The first-order valence-electron chi connectivity index (χ1n) is 4.98. The maximum atomic E-state index is 11.6. The van der Waals surface area contributed by atoms with Crippen LogP contribution in [-0.2, 0) is 6.54 Å². The van der Waals surface area contributed by atoms with Crippen molar-refractivity contribution in [2.45, 2.75) is 19.9 Å². The van der Waals surface area contributed by atoms with Crippen molar-refractivity contribution in [3.63, 3.8) is 0 Å². The lowest BCUT2D eigenvalue weighted by Gasteiger charge is -2.01. The molecule has 4 nitrogen and oxygen atoms in total. The van der Waals surface area contributed by atoms with Crippen LogP contribution in [0.5, 0.6) is 0 Å². The highest BCUT2D eigenvalue weighted by Crippen LogP contribution is 2.13. The minimum Gasteiger partial charge on any atom is -0.310 e. The molecule has 0 spiro atoms. The number of H-pyrrole nitrogens is 1. The fourth-order valence-electron chi connectivity index (χ4n) is 1.39. The first-order valence-corrected chi connectivity index (χ1v) is 5.86. The van der Waals surface area contributed by atoms with E-state index in [0.717, 1.165) is 18.5 Å². The van der Waals surface area contributed by atoms with Crippen molar-refractivity contribution in [3.8, 4) is 0 Å². The van der Waals surface area contributed by atoms with E-state index in [1.54, 1.807) is 0 Å². The fourth-order valence-corrected chi connectivity index (χ4v) is 2.11. The summed E-state index contributed by atoms with van der Waals surface area (Å²) in [5.41, 5.74) is 0.750. The second-order valence-electron chi connectivity index (χ2n) is 3.32.